The third-order valence-corrected chi connectivity index (χ3v) is 7.36. The molecule has 0 atom stereocenters. The van der Waals surface area contributed by atoms with Gasteiger partial charge < -0.3 is 15.2 Å². The van der Waals surface area contributed by atoms with Crippen LogP contribution >= 0.6 is 24.0 Å². The highest BCUT2D eigenvalue weighted by atomic mass is 35.5. The van der Waals surface area contributed by atoms with Crippen LogP contribution in [0, 0.1) is 5.92 Å². The van der Waals surface area contributed by atoms with Gasteiger partial charge in [-0.15, -0.1) is 12.4 Å². The van der Waals surface area contributed by atoms with E-state index in [0.29, 0.717) is 36.8 Å². The van der Waals surface area contributed by atoms with Crippen molar-refractivity contribution in [2.75, 3.05) is 26.2 Å². The number of carbonyl (C=O) groups excluding carboxylic acids is 1. The summed E-state index contributed by atoms with van der Waals surface area (Å²) in [5, 5.41) is 11.4. The van der Waals surface area contributed by atoms with Gasteiger partial charge in [0.2, 0.25) is 0 Å². The lowest BCUT2D eigenvalue weighted by atomic mass is 9.96. The van der Waals surface area contributed by atoms with Gasteiger partial charge in [0.05, 0.1) is 11.8 Å². The van der Waals surface area contributed by atoms with E-state index in [1.54, 1.807) is 0 Å². The fourth-order valence-corrected chi connectivity index (χ4v) is 5.33. The van der Waals surface area contributed by atoms with Gasteiger partial charge in [-0.25, -0.2) is 0 Å². The molecule has 2 aromatic heterocycles. The van der Waals surface area contributed by atoms with Gasteiger partial charge in [-0.1, -0.05) is 23.7 Å². The molecule has 0 saturated carbocycles. The molecular formula is C25H32Cl2N6O2. The summed E-state index contributed by atoms with van der Waals surface area (Å²) in [5.74, 6) is 0.286. The van der Waals surface area contributed by atoms with Crippen LogP contribution in [-0.2, 0) is 26.1 Å². The zero-order valence-corrected chi connectivity index (χ0v) is 21.5. The number of fused-ring (bicyclic) bond motifs is 2. The van der Waals surface area contributed by atoms with E-state index in [9.17, 15) is 9.59 Å². The van der Waals surface area contributed by atoms with E-state index >= 15 is 0 Å². The summed E-state index contributed by atoms with van der Waals surface area (Å²) < 4.78 is 3.47. The Balaban J connectivity index is 0.00000289. The number of nitrogens with zero attached hydrogens (tertiary/aromatic N) is 4. The zero-order valence-electron chi connectivity index (χ0n) is 19.9. The molecule has 1 aromatic carbocycles. The lowest BCUT2D eigenvalue weighted by Crippen LogP contribution is -2.38. The molecule has 0 bridgehead atoms. The fourth-order valence-electron chi connectivity index (χ4n) is 5.21. The van der Waals surface area contributed by atoms with Crippen molar-refractivity contribution in [1.29, 1.82) is 0 Å². The average molecular weight is 519 g/mol. The van der Waals surface area contributed by atoms with Crippen molar-refractivity contribution in [1.82, 2.24) is 29.7 Å². The van der Waals surface area contributed by atoms with Gasteiger partial charge in [0.1, 0.15) is 5.56 Å². The molecule has 2 aliphatic heterocycles. The maximum atomic E-state index is 13.1. The van der Waals surface area contributed by atoms with Crippen LogP contribution < -0.4 is 16.2 Å². The van der Waals surface area contributed by atoms with Gasteiger partial charge in [-0.05, 0) is 56.5 Å². The number of nitrogens with one attached hydrogen (secondary N) is 2. The molecule has 1 fully saturated rings. The first kappa shape index (κ1) is 25.7. The van der Waals surface area contributed by atoms with Crippen LogP contribution in [0.4, 0.5) is 0 Å². The second-order valence-electron chi connectivity index (χ2n) is 9.25. The van der Waals surface area contributed by atoms with Gasteiger partial charge in [-0.3, -0.25) is 14.5 Å². The van der Waals surface area contributed by atoms with Crippen LogP contribution in [0.1, 0.15) is 46.9 Å². The molecular weight excluding hydrogens is 487 g/mol. The lowest BCUT2D eigenvalue weighted by Gasteiger charge is -2.32. The van der Waals surface area contributed by atoms with Crippen molar-refractivity contribution in [3.63, 3.8) is 0 Å². The van der Waals surface area contributed by atoms with Crippen molar-refractivity contribution in [3.8, 4) is 0 Å². The summed E-state index contributed by atoms with van der Waals surface area (Å²) >= 11 is 5.99. The summed E-state index contributed by atoms with van der Waals surface area (Å²) in [5.41, 5.74) is 3.98. The number of hydrogen-bond acceptors (Lipinski definition) is 5. The standard InChI is InChI=1S/C25H31ClN6O2.ClH/c1-2-31-22-7-10-27-14-20(22)25(34)32-24(31)21(15-29-32)23(33)28-13-17-8-11-30(12-9-17)16-18-3-5-19(26)6-4-18;/h3-6,15,17,27H,2,7-14,16H2,1H3,(H,28,33);1H. The number of rotatable bonds is 6. The van der Waals surface area contributed by atoms with Crippen LogP contribution in [0.2, 0.25) is 5.02 Å². The Morgan fingerprint density at radius 2 is 1.97 bits per heavy atom. The second-order valence-corrected chi connectivity index (χ2v) is 9.69. The molecule has 4 heterocycles. The van der Waals surface area contributed by atoms with E-state index in [0.717, 1.165) is 61.7 Å². The molecule has 0 aliphatic carbocycles. The number of aromatic nitrogens is 3. The maximum Gasteiger partial charge on any atom is 0.279 e. The van der Waals surface area contributed by atoms with Crippen LogP contribution in [0.5, 0.6) is 0 Å². The first-order chi connectivity index (χ1) is 16.5. The summed E-state index contributed by atoms with van der Waals surface area (Å²) in [4.78, 5) is 28.5. The molecule has 3 aromatic rings. The summed E-state index contributed by atoms with van der Waals surface area (Å²) in [6.07, 6.45) is 4.40. The summed E-state index contributed by atoms with van der Waals surface area (Å²) in [7, 11) is 0. The molecule has 0 spiro atoms. The Hall–Kier alpha value is -2.39. The van der Waals surface area contributed by atoms with Crippen LogP contribution in [0.15, 0.2) is 35.3 Å². The first-order valence-electron chi connectivity index (χ1n) is 12.1. The zero-order chi connectivity index (χ0) is 23.7. The van der Waals surface area contributed by atoms with Crippen molar-refractivity contribution >= 4 is 35.6 Å². The third-order valence-electron chi connectivity index (χ3n) is 7.10. The average Bonchev–Trinajstić information content (AvgIpc) is 3.31. The quantitative estimate of drug-likeness (QED) is 0.524. The Kier molecular flexibility index (Phi) is 8.16. The topological polar surface area (TPSA) is 83.7 Å². The van der Waals surface area contributed by atoms with E-state index in [2.05, 4.69) is 37.3 Å². The molecule has 188 valence electrons. The van der Waals surface area contributed by atoms with Crippen molar-refractivity contribution < 1.29 is 4.79 Å². The largest absolute Gasteiger partial charge is 0.352 e. The Morgan fingerprint density at radius 3 is 2.69 bits per heavy atom. The monoisotopic (exact) mass is 518 g/mol. The van der Waals surface area contributed by atoms with E-state index in [4.69, 9.17) is 11.6 Å². The van der Waals surface area contributed by atoms with Crippen LogP contribution in [-0.4, -0.2) is 51.2 Å². The molecule has 35 heavy (non-hydrogen) atoms. The maximum absolute atomic E-state index is 13.1. The first-order valence-corrected chi connectivity index (χ1v) is 12.5. The summed E-state index contributed by atoms with van der Waals surface area (Å²) in [6, 6.07) is 8.03. The molecule has 0 unspecified atom stereocenters. The Labute approximate surface area is 216 Å². The minimum Gasteiger partial charge on any atom is -0.352 e. The molecule has 10 heteroatoms. The smallest absolute Gasteiger partial charge is 0.279 e. The van der Waals surface area contributed by atoms with E-state index in [1.807, 2.05) is 19.1 Å². The van der Waals surface area contributed by atoms with Gasteiger partial charge in [-0.2, -0.15) is 9.61 Å². The molecule has 0 radical (unpaired) electrons. The summed E-state index contributed by atoms with van der Waals surface area (Å²) in [6.45, 7) is 7.68. The molecule has 1 saturated heterocycles. The molecule has 2 N–H and O–H groups in total. The number of likely N-dealkylation sites (tertiary alicyclic amines) is 1. The molecule has 1 amide bonds. The van der Waals surface area contributed by atoms with E-state index in [1.165, 1.54) is 16.3 Å². The normalized spacial score (nSPS) is 16.6. The van der Waals surface area contributed by atoms with E-state index in [-0.39, 0.29) is 23.9 Å². The molecule has 5 rings (SSSR count). The minimum absolute atomic E-state index is 0. The number of amides is 1. The van der Waals surface area contributed by atoms with E-state index < -0.39 is 0 Å². The number of benzene rings is 1. The van der Waals surface area contributed by atoms with Crippen LogP contribution in [0.25, 0.3) is 5.65 Å². The van der Waals surface area contributed by atoms with Gasteiger partial charge >= 0.3 is 0 Å². The van der Waals surface area contributed by atoms with Crippen LogP contribution in [0.3, 0.4) is 0 Å². The predicted molar refractivity (Wildman–Crippen MR) is 140 cm³/mol. The van der Waals surface area contributed by atoms with Gasteiger partial charge in [0.15, 0.2) is 5.65 Å². The number of piperidine rings is 1. The van der Waals surface area contributed by atoms with Gasteiger partial charge in [0, 0.05) is 49.9 Å². The van der Waals surface area contributed by atoms with Crippen molar-refractivity contribution in [3.05, 3.63) is 68.2 Å². The number of aryl methyl sites for hydroxylation is 1. The number of halogens is 2. The predicted octanol–water partition coefficient (Wildman–Crippen LogP) is 2.88. The SMILES string of the molecule is CCn1c2c(c(=O)n3ncc(C(=O)NCC4CCN(Cc5ccc(Cl)cc5)CC4)c13)CNCC2.Cl. The minimum atomic E-state index is -0.158. The highest BCUT2D eigenvalue weighted by molar-refractivity contribution is 6.30. The lowest BCUT2D eigenvalue weighted by molar-refractivity contribution is 0.0936. The second kappa shape index (κ2) is 11.1. The number of hydrogen-bond donors (Lipinski definition) is 2. The molecule has 8 nitrogen and oxygen atoms in total. The van der Waals surface area contributed by atoms with Gasteiger partial charge in [0.25, 0.3) is 11.5 Å². The fraction of sp³-hybridized carbons (Fsp3) is 0.480. The molecule has 2 aliphatic rings. The highest BCUT2D eigenvalue weighted by Crippen LogP contribution is 2.21. The van der Waals surface area contributed by atoms with Crippen molar-refractivity contribution in [2.45, 2.75) is 45.8 Å². The highest BCUT2D eigenvalue weighted by Gasteiger charge is 2.25. The Bertz CT molecular complexity index is 1250. The Morgan fingerprint density at radius 1 is 1.23 bits per heavy atom. The van der Waals surface area contributed by atoms with Crippen molar-refractivity contribution in [2.24, 2.45) is 5.92 Å². The third kappa shape index (κ3) is 5.26. The number of carbonyl (C=O) groups is 1.